The number of amides is 2. The van der Waals surface area contributed by atoms with Gasteiger partial charge in [-0.25, -0.2) is 15.2 Å². The fraction of sp³-hybridized carbons (Fsp3) is 0.320. The van der Waals surface area contributed by atoms with Gasteiger partial charge in [-0.1, -0.05) is 60.1 Å². The molecule has 178 valence electrons. The highest BCUT2D eigenvalue weighted by Crippen LogP contribution is 2.35. The molecule has 2 aromatic carbocycles. The van der Waals surface area contributed by atoms with Crippen LogP contribution >= 0.6 is 15.9 Å². The average molecular weight is 526 g/mol. The molecular formula is C25H28BrN5O3. The summed E-state index contributed by atoms with van der Waals surface area (Å²) >= 11 is 3.51. The van der Waals surface area contributed by atoms with Crippen LogP contribution in [0.3, 0.4) is 0 Å². The molecule has 0 bridgehead atoms. The number of halogens is 1. The summed E-state index contributed by atoms with van der Waals surface area (Å²) < 4.78 is 6.44. The van der Waals surface area contributed by atoms with E-state index in [4.69, 9.17) is 4.74 Å². The number of hydrogen-bond donors (Lipinski definition) is 3. The van der Waals surface area contributed by atoms with Crippen LogP contribution in [0.1, 0.15) is 32.1 Å². The third kappa shape index (κ3) is 5.00. The Morgan fingerprint density at radius 2 is 1.97 bits per heavy atom. The number of hydrogen-bond acceptors (Lipinski definition) is 5. The van der Waals surface area contributed by atoms with Crippen LogP contribution < -0.4 is 10.9 Å². The first kappa shape index (κ1) is 24.0. The van der Waals surface area contributed by atoms with Gasteiger partial charge in [-0.15, -0.1) is 0 Å². The van der Waals surface area contributed by atoms with E-state index in [-0.39, 0.29) is 17.9 Å². The third-order valence-corrected chi connectivity index (χ3v) is 6.36. The minimum atomic E-state index is -0.920. The molecule has 3 N–H and O–H groups in total. The van der Waals surface area contributed by atoms with Gasteiger partial charge in [-0.05, 0) is 41.3 Å². The molecule has 9 heteroatoms. The summed E-state index contributed by atoms with van der Waals surface area (Å²) in [5.41, 5.74) is 7.66. The zero-order chi connectivity index (χ0) is 24.4. The van der Waals surface area contributed by atoms with Gasteiger partial charge in [-0.2, -0.15) is 0 Å². The van der Waals surface area contributed by atoms with Crippen molar-refractivity contribution in [3.05, 3.63) is 65.0 Å². The number of aromatic amines is 1. The Labute approximate surface area is 206 Å². The summed E-state index contributed by atoms with van der Waals surface area (Å²) in [6, 6.07) is 12.1. The van der Waals surface area contributed by atoms with Crippen LogP contribution in [0, 0.1) is 5.92 Å². The molecule has 0 saturated carbocycles. The predicted octanol–water partition coefficient (Wildman–Crippen LogP) is 4.71. The van der Waals surface area contributed by atoms with Crippen molar-refractivity contribution in [2.75, 3.05) is 13.6 Å². The highest BCUT2D eigenvalue weighted by Gasteiger charge is 2.39. The van der Waals surface area contributed by atoms with Crippen LogP contribution in [0.15, 0.2) is 59.2 Å². The van der Waals surface area contributed by atoms with Crippen LogP contribution in [0.5, 0.6) is 0 Å². The zero-order valence-electron chi connectivity index (χ0n) is 19.4. The number of nitrogens with one attached hydrogen (secondary N) is 3. The SMILES string of the molecule is C=C1CC(c2ncc(-c3ccc4cc(Br)ccc4c3)[nH]2)N(C(=O)C(OC(=O)NNC)C(C)C)C1. The van der Waals surface area contributed by atoms with Crippen molar-refractivity contribution < 1.29 is 14.3 Å². The summed E-state index contributed by atoms with van der Waals surface area (Å²) in [6.07, 6.45) is 0.761. The van der Waals surface area contributed by atoms with Crippen molar-refractivity contribution in [3.8, 4) is 11.3 Å². The molecule has 1 aliphatic heterocycles. The summed E-state index contributed by atoms with van der Waals surface area (Å²) in [4.78, 5) is 35.1. The third-order valence-electron chi connectivity index (χ3n) is 5.87. The molecule has 2 heterocycles. The number of fused-ring (bicyclic) bond motifs is 1. The zero-order valence-corrected chi connectivity index (χ0v) is 21.0. The second-order valence-electron chi connectivity index (χ2n) is 8.77. The van der Waals surface area contributed by atoms with Gasteiger partial charge in [0.15, 0.2) is 6.10 Å². The molecule has 2 amide bonds. The molecule has 1 fully saturated rings. The van der Waals surface area contributed by atoms with E-state index in [2.05, 4.69) is 67.6 Å². The first-order chi connectivity index (χ1) is 16.3. The van der Waals surface area contributed by atoms with E-state index < -0.39 is 12.2 Å². The average Bonchev–Trinajstić information content (AvgIpc) is 3.43. The number of rotatable bonds is 6. The van der Waals surface area contributed by atoms with Gasteiger partial charge in [0.1, 0.15) is 5.82 Å². The van der Waals surface area contributed by atoms with Crippen molar-refractivity contribution in [1.29, 1.82) is 0 Å². The minimum Gasteiger partial charge on any atom is -0.435 e. The van der Waals surface area contributed by atoms with Crippen LogP contribution in [0.25, 0.3) is 22.0 Å². The number of aromatic nitrogens is 2. The maximum absolute atomic E-state index is 13.4. The first-order valence-corrected chi connectivity index (χ1v) is 11.9. The second kappa shape index (κ2) is 9.99. The Morgan fingerprint density at radius 3 is 2.71 bits per heavy atom. The van der Waals surface area contributed by atoms with Gasteiger partial charge >= 0.3 is 6.09 Å². The summed E-state index contributed by atoms with van der Waals surface area (Å²) in [6.45, 7) is 8.18. The molecule has 0 spiro atoms. The maximum atomic E-state index is 13.4. The summed E-state index contributed by atoms with van der Waals surface area (Å²) in [5.74, 6) is 0.216. The normalized spacial score (nSPS) is 16.8. The number of ether oxygens (including phenoxy) is 1. The van der Waals surface area contributed by atoms with E-state index in [0.717, 1.165) is 32.1 Å². The van der Waals surface area contributed by atoms with Crippen LogP contribution in [-0.2, 0) is 9.53 Å². The Kier molecular flexibility index (Phi) is 7.04. The lowest BCUT2D eigenvalue weighted by atomic mass is 10.1. The quantitative estimate of drug-likeness (QED) is 0.319. The largest absolute Gasteiger partial charge is 0.435 e. The standard InChI is InChI=1S/C25H28BrN5O3/c1-14(2)22(34-25(33)30-27-4)24(32)31-13-15(3)9-21(31)23-28-12-20(29-23)18-6-5-17-11-19(26)8-7-16(17)10-18/h5-8,10-12,14,21-22,27H,3,9,13H2,1-2,4H3,(H,28,29)(H,30,33). The maximum Gasteiger partial charge on any atom is 0.422 e. The molecule has 3 aromatic rings. The fourth-order valence-electron chi connectivity index (χ4n) is 4.19. The van der Waals surface area contributed by atoms with Gasteiger partial charge in [0, 0.05) is 23.6 Å². The van der Waals surface area contributed by atoms with Crippen LogP contribution in [0.2, 0.25) is 0 Å². The van der Waals surface area contributed by atoms with Crippen LogP contribution in [-0.4, -0.2) is 46.6 Å². The van der Waals surface area contributed by atoms with Gasteiger partial charge in [0.05, 0.1) is 17.9 Å². The van der Waals surface area contributed by atoms with E-state index in [0.29, 0.717) is 18.8 Å². The highest BCUT2D eigenvalue weighted by atomic mass is 79.9. The molecule has 0 radical (unpaired) electrons. The number of imidazole rings is 1. The Balaban J connectivity index is 1.58. The molecular weight excluding hydrogens is 498 g/mol. The van der Waals surface area contributed by atoms with Crippen LogP contribution in [0.4, 0.5) is 4.79 Å². The molecule has 1 aliphatic rings. The van der Waals surface area contributed by atoms with Gasteiger partial charge in [-0.3, -0.25) is 10.2 Å². The number of hydrazine groups is 1. The first-order valence-electron chi connectivity index (χ1n) is 11.1. The molecule has 0 aliphatic carbocycles. The van der Waals surface area contributed by atoms with E-state index in [9.17, 15) is 9.59 Å². The molecule has 34 heavy (non-hydrogen) atoms. The number of carbonyl (C=O) groups is 2. The number of likely N-dealkylation sites (tertiary alicyclic amines) is 1. The van der Waals surface area contributed by atoms with Gasteiger partial charge < -0.3 is 14.6 Å². The number of benzene rings is 2. The number of carbonyl (C=O) groups excluding carboxylic acids is 2. The molecule has 2 atom stereocenters. The summed E-state index contributed by atoms with van der Waals surface area (Å²) in [5, 5.41) is 2.27. The monoisotopic (exact) mass is 525 g/mol. The molecule has 1 aromatic heterocycles. The highest BCUT2D eigenvalue weighted by molar-refractivity contribution is 9.10. The molecule has 1 saturated heterocycles. The lowest BCUT2D eigenvalue weighted by Gasteiger charge is -2.29. The molecule has 4 rings (SSSR count). The van der Waals surface area contributed by atoms with Gasteiger partial charge in [0.25, 0.3) is 5.91 Å². The number of nitrogens with zero attached hydrogens (tertiary/aromatic N) is 2. The predicted molar refractivity (Wildman–Crippen MR) is 135 cm³/mol. The summed E-state index contributed by atoms with van der Waals surface area (Å²) in [7, 11) is 1.55. The second-order valence-corrected chi connectivity index (χ2v) is 9.69. The van der Waals surface area contributed by atoms with E-state index in [1.165, 1.54) is 0 Å². The van der Waals surface area contributed by atoms with Crippen molar-refractivity contribution in [3.63, 3.8) is 0 Å². The van der Waals surface area contributed by atoms with E-state index in [1.807, 2.05) is 26.0 Å². The van der Waals surface area contributed by atoms with Crippen molar-refractivity contribution >= 4 is 38.7 Å². The Morgan fingerprint density at radius 1 is 1.24 bits per heavy atom. The Hall–Kier alpha value is -3.17. The van der Waals surface area contributed by atoms with E-state index >= 15 is 0 Å². The van der Waals surface area contributed by atoms with E-state index in [1.54, 1.807) is 18.1 Å². The lowest BCUT2D eigenvalue weighted by molar-refractivity contribution is -0.143. The number of H-pyrrole nitrogens is 1. The smallest absolute Gasteiger partial charge is 0.422 e. The Bertz CT molecular complexity index is 1240. The van der Waals surface area contributed by atoms with Crippen molar-refractivity contribution in [1.82, 2.24) is 25.7 Å². The van der Waals surface area contributed by atoms with Gasteiger partial charge in [0.2, 0.25) is 0 Å². The molecule has 2 unspecified atom stereocenters. The fourth-order valence-corrected chi connectivity index (χ4v) is 4.57. The van der Waals surface area contributed by atoms with Crippen molar-refractivity contribution in [2.45, 2.75) is 32.4 Å². The molecule has 8 nitrogen and oxygen atoms in total. The topological polar surface area (TPSA) is 99.3 Å². The lowest BCUT2D eigenvalue weighted by Crippen LogP contribution is -2.46. The van der Waals surface area contributed by atoms with Crippen molar-refractivity contribution in [2.24, 2.45) is 5.92 Å². The minimum absolute atomic E-state index is 0.200.